The van der Waals surface area contributed by atoms with Crippen molar-refractivity contribution in [3.05, 3.63) is 52.8 Å². The lowest BCUT2D eigenvalue weighted by Gasteiger charge is -2.38. The Balaban J connectivity index is 1.84. The van der Waals surface area contributed by atoms with Crippen LogP contribution in [0.5, 0.6) is 0 Å². The van der Waals surface area contributed by atoms with E-state index in [-0.39, 0.29) is 30.4 Å². The largest absolute Gasteiger partial charge is 0.375 e. The first-order valence-electron chi connectivity index (χ1n) is 9.94. The van der Waals surface area contributed by atoms with E-state index in [0.29, 0.717) is 12.2 Å². The van der Waals surface area contributed by atoms with E-state index in [4.69, 9.17) is 9.72 Å². The van der Waals surface area contributed by atoms with Crippen molar-refractivity contribution in [3.63, 3.8) is 0 Å². The van der Waals surface area contributed by atoms with Crippen molar-refractivity contribution >= 4 is 23.5 Å². The minimum absolute atomic E-state index is 0.143. The molecule has 1 aliphatic heterocycles. The van der Waals surface area contributed by atoms with Gasteiger partial charge in [0, 0.05) is 13.1 Å². The number of benzene rings is 1. The van der Waals surface area contributed by atoms with Gasteiger partial charge >= 0.3 is 0 Å². The van der Waals surface area contributed by atoms with Crippen molar-refractivity contribution < 1.29 is 13.9 Å². The van der Waals surface area contributed by atoms with Crippen LogP contribution in [0.1, 0.15) is 42.3 Å². The molecule has 1 amide bonds. The summed E-state index contributed by atoms with van der Waals surface area (Å²) in [7, 11) is 0. The summed E-state index contributed by atoms with van der Waals surface area (Å²) >= 11 is 1.56. The van der Waals surface area contributed by atoms with Crippen molar-refractivity contribution in [1.82, 2.24) is 10.3 Å². The topological polar surface area (TPSA) is 54.5 Å². The Labute approximate surface area is 176 Å². The van der Waals surface area contributed by atoms with E-state index < -0.39 is 0 Å². The third-order valence-electron chi connectivity index (χ3n) is 4.92. The lowest BCUT2D eigenvalue weighted by atomic mass is 10.1. The summed E-state index contributed by atoms with van der Waals surface area (Å²) < 4.78 is 19.1. The number of aryl methyl sites for hydroxylation is 1. The minimum atomic E-state index is -0.310. The van der Waals surface area contributed by atoms with Crippen LogP contribution in [-0.4, -0.2) is 41.9 Å². The van der Waals surface area contributed by atoms with E-state index in [1.807, 2.05) is 19.9 Å². The Morgan fingerprint density at radius 1 is 1.38 bits per heavy atom. The van der Waals surface area contributed by atoms with E-state index in [1.54, 1.807) is 23.9 Å². The van der Waals surface area contributed by atoms with Crippen molar-refractivity contribution in [2.75, 3.05) is 23.8 Å². The maximum atomic E-state index is 13.4. The van der Waals surface area contributed by atoms with Gasteiger partial charge in [0.1, 0.15) is 16.7 Å². The molecule has 5 nitrogen and oxygen atoms in total. The first-order valence-corrected chi connectivity index (χ1v) is 10.9. The molecule has 29 heavy (non-hydrogen) atoms. The molecule has 1 N–H and O–H groups in total. The lowest BCUT2D eigenvalue weighted by Crippen LogP contribution is -2.48. The van der Waals surface area contributed by atoms with Gasteiger partial charge in [-0.05, 0) is 55.9 Å². The molecule has 0 radical (unpaired) electrons. The second-order valence-electron chi connectivity index (χ2n) is 7.37. The Morgan fingerprint density at radius 2 is 2.17 bits per heavy atom. The highest BCUT2D eigenvalue weighted by Gasteiger charge is 2.27. The summed E-state index contributed by atoms with van der Waals surface area (Å²) in [6.07, 6.45) is 0.143. The molecule has 0 aliphatic carbocycles. The molecule has 3 rings (SSSR count). The molecule has 0 bridgehead atoms. The number of thioether (sulfide) groups is 1. The monoisotopic (exact) mass is 417 g/mol. The number of rotatable bonds is 6. The smallest absolute Gasteiger partial charge is 0.254 e. The number of anilines is 1. The number of aromatic nitrogens is 1. The van der Waals surface area contributed by atoms with E-state index in [9.17, 15) is 9.18 Å². The molecule has 2 atom stereocenters. The average Bonchev–Trinajstić information content (AvgIpc) is 2.68. The van der Waals surface area contributed by atoms with Crippen molar-refractivity contribution in [2.45, 2.75) is 51.4 Å². The summed E-state index contributed by atoms with van der Waals surface area (Å²) in [5.74, 6) is 1.19. The second-order valence-corrected chi connectivity index (χ2v) is 8.62. The predicted octanol–water partition coefficient (Wildman–Crippen LogP) is 4.18. The molecule has 156 valence electrons. The fraction of sp³-hybridized carbons (Fsp3) is 0.455. The quantitative estimate of drug-likeness (QED) is 0.715. The maximum Gasteiger partial charge on any atom is 0.254 e. The van der Waals surface area contributed by atoms with E-state index >= 15 is 0 Å². The van der Waals surface area contributed by atoms with Crippen LogP contribution < -0.4 is 10.2 Å². The summed E-state index contributed by atoms with van der Waals surface area (Å²) in [5, 5.41) is 3.63. The molecule has 1 saturated heterocycles. The molecule has 1 aliphatic rings. The number of hydrogen-bond donors (Lipinski definition) is 1. The summed E-state index contributed by atoms with van der Waals surface area (Å²) in [5.41, 5.74) is 2.20. The van der Waals surface area contributed by atoms with Gasteiger partial charge in [0.2, 0.25) is 0 Å². The number of carbonyl (C=O) groups is 1. The molecule has 1 fully saturated rings. The van der Waals surface area contributed by atoms with Crippen LogP contribution in [0.15, 0.2) is 35.4 Å². The number of nitrogens with one attached hydrogen (secondary N) is 1. The predicted molar refractivity (Wildman–Crippen MR) is 115 cm³/mol. The van der Waals surface area contributed by atoms with Crippen LogP contribution in [0.4, 0.5) is 10.2 Å². The number of carbonyl (C=O) groups excluding carboxylic acids is 1. The van der Waals surface area contributed by atoms with Gasteiger partial charge in [0.25, 0.3) is 5.91 Å². The highest BCUT2D eigenvalue weighted by molar-refractivity contribution is 7.99. The average molecular weight is 418 g/mol. The van der Waals surface area contributed by atoms with Gasteiger partial charge in [-0.1, -0.05) is 19.1 Å². The first kappa shape index (κ1) is 21.6. The number of ether oxygens (including phenoxy) is 1. The van der Waals surface area contributed by atoms with E-state index in [0.717, 1.165) is 34.3 Å². The fourth-order valence-corrected chi connectivity index (χ4v) is 4.26. The molecular formula is C22H28FN3O2S. The molecule has 1 aromatic carbocycles. The zero-order valence-electron chi connectivity index (χ0n) is 17.4. The maximum absolute atomic E-state index is 13.4. The van der Waals surface area contributed by atoms with Crippen molar-refractivity contribution in [1.29, 1.82) is 0 Å². The highest BCUT2D eigenvalue weighted by atomic mass is 32.2. The Bertz CT molecular complexity index is 877. The number of morpholine rings is 1. The molecular weight excluding hydrogens is 389 g/mol. The van der Waals surface area contributed by atoms with Crippen molar-refractivity contribution in [2.24, 2.45) is 0 Å². The van der Waals surface area contributed by atoms with E-state index in [1.165, 1.54) is 12.1 Å². The van der Waals surface area contributed by atoms with Gasteiger partial charge in [-0.3, -0.25) is 4.79 Å². The summed E-state index contributed by atoms with van der Waals surface area (Å²) in [6.45, 7) is 9.87. The fourth-order valence-electron chi connectivity index (χ4n) is 3.43. The molecule has 7 heteroatoms. The molecule has 2 unspecified atom stereocenters. The highest BCUT2D eigenvalue weighted by Crippen LogP contribution is 2.29. The summed E-state index contributed by atoms with van der Waals surface area (Å²) in [4.78, 5) is 20.0. The second kappa shape index (κ2) is 9.59. The van der Waals surface area contributed by atoms with Crippen LogP contribution in [0.25, 0.3) is 0 Å². The van der Waals surface area contributed by atoms with Gasteiger partial charge in [0.15, 0.2) is 0 Å². The third-order valence-corrected chi connectivity index (χ3v) is 5.78. The van der Waals surface area contributed by atoms with Gasteiger partial charge < -0.3 is 15.0 Å². The van der Waals surface area contributed by atoms with Gasteiger partial charge in [0.05, 0.1) is 24.3 Å². The molecule has 2 heterocycles. The molecule has 2 aromatic rings. The Kier molecular flexibility index (Phi) is 7.14. The van der Waals surface area contributed by atoms with Crippen LogP contribution in [0.2, 0.25) is 0 Å². The van der Waals surface area contributed by atoms with Gasteiger partial charge in [-0.25, -0.2) is 9.37 Å². The number of halogens is 1. The zero-order chi connectivity index (χ0) is 21.0. The minimum Gasteiger partial charge on any atom is -0.375 e. The van der Waals surface area contributed by atoms with Crippen LogP contribution >= 0.6 is 11.8 Å². The molecule has 0 saturated carbocycles. The number of nitrogens with zero attached hydrogens (tertiary/aromatic N) is 2. The Hall–Kier alpha value is -2.12. The zero-order valence-corrected chi connectivity index (χ0v) is 18.2. The van der Waals surface area contributed by atoms with Crippen LogP contribution in [-0.2, 0) is 11.3 Å². The molecule has 0 spiro atoms. The summed E-state index contributed by atoms with van der Waals surface area (Å²) in [6, 6.07) is 8.45. The van der Waals surface area contributed by atoms with Gasteiger partial charge in [-0.2, -0.15) is 0 Å². The first-order chi connectivity index (χ1) is 13.9. The normalized spacial score (nSPS) is 19.3. The Morgan fingerprint density at radius 3 is 2.90 bits per heavy atom. The van der Waals surface area contributed by atoms with Crippen LogP contribution in [0.3, 0.4) is 0 Å². The molecule has 1 aromatic heterocycles. The number of hydrogen-bond acceptors (Lipinski definition) is 5. The van der Waals surface area contributed by atoms with Crippen molar-refractivity contribution in [3.8, 4) is 0 Å². The number of amides is 1. The standard InChI is InChI=1S/C22H28FN3O2S/c1-5-29-22-20(21(27)24-11-17-7-6-8-18(23)10-17)14(2)9-19(25-22)26-12-16(4)28-13-15(26)3/h6-10,15-16H,5,11-13H2,1-4H3,(H,24,27). The van der Waals surface area contributed by atoms with Crippen LogP contribution in [0, 0.1) is 12.7 Å². The number of pyridine rings is 1. The van der Waals surface area contributed by atoms with E-state index in [2.05, 4.69) is 24.1 Å². The van der Waals surface area contributed by atoms with Gasteiger partial charge in [-0.15, -0.1) is 11.8 Å². The lowest BCUT2D eigenvalue weighted by molar-refractivity contribution is 0.0340. The third kappa shape index (κ3) is 5.28. The SMILES string of the molecule is CCSc1nc(N2CC(C)OCC2C)cc(C)c1C(=O)NCc1cccc(F)c1.